The van der Waals surface area contributed by atoms with Crippen LogP contribution in [0.2, 0.25) is 0 Å². The van der Waals surface area contributed by atoms with E-state index in [-0.39, 0.29) is 6.42 Å². The molecule has 0 saturated carbocycles. The molecule has 0 spiro atoms. The topological polar surface area (TPSA) is 75.0 Å². The number of para-hydroxylation sites is 1. The molecule has 1 aromatic heterocycles. The van der Waals surface area contributed by atoms with E-state index in [2.05, 4.69) is 4.74 Å². The van der Waals surface area contributed by atoms with Gasteiger partial charge in [-0.2, -0.15) is 0 Å². The average molecular weight is 368 g/mol. The maximum absolute atomic E-state index is 12.2. The first-order valence-electron chi connectivity index (χ1n) is 8.41. The molecule has 140 valence electrons. The van der Waals surface area contributed by atoms with Crippen LogP contribution >= 0.6 is 0 Å². The molecule has 0 aliphatic carbocycles. The molecule has 0 N–H and O–H groups in total. The Labute approximate surface area is 156 Å². The zero-order valence-corrected chi connectivity index (χ0v) is 15.4. The number of carbonyl (C=O) groups excluding carboxylic acids is 1. The predicted molar refractivity (Wildman–Crippen MR) is 100 cm³/mol. The number of methoxy groups -OCH3 is 2. The molecule has 6 heteroatoms. The number of ether oxygens (including phenoxy) is 3. The van der Waals surface area contributed by atoms with E-state index in [1.165, 1.54) is 7.11 Å². The van der Waals surface area contributed by atoms with Gasteiger partial charge in [-0.3, -0.25) is 4.79 Å². The molecule has 0 saturated heterocycles. The van der Waals surface area contributed by atoms with Crippen molar-refractivity contribution in [2.75, 3.05) is 14.2 Å². The molecule has 3 rings (SSSR count). The van der Waals surface area contributed by atoms with Gasteiger partial charge in [0, 0.05) is 17.0 Å². The molecule has 0 aliphatic rings. The van der Waals surface area contributed by atoms with Gasteiger partial charge in [-0.1, -0.05) is 18.2 Å². The summed E-state index contributed by atoms with van der Waals surface area (Å²) in [4.78, 5) is 23.8. The van der Waals surface area contributed by atoms with Crippen LogP contribution in [0.3, 0.4) is 0 Å². The smallest absolute Gasteiger partial charge is 0.340 e. The molecular weight excluding hydrogens is 348 g/mol. The van der Waals surface area contributed by atoms with Crippen molar-refractivity contribution in [1.82, 2.24) is 0 Å². The second kappa shape index (κ2) is 7.95. The highest BCUT2D eigenvalue weighted by Gasteiger charge is 2.15. The van der Waals surface area contributed by atoms with Crippen molar-refractivity contribution >= 4 is 16.9 Å². The van der Waals surface area contributed by atoms with Crippen molar-refractivity contribution in [3.8, 4) is 11.5 Å². The SMILES string of the molecule is COC(=O)Cc1c(C)c2ccc(OCc3ccccc3OC)cc2oc1=O. The van der Waals surface area contributed by atoms with Gasteiger partial charge in [0.2, 0.25) is 0 Å². The molecule has 0 unspecified atom stereocenters. The van der Waals surface area contributed by atoms with Gasteiger partial charge in [-0.05, 0) is 30.7 Å². The summed E-state index contributed by atoms with van der Waals surface area (Å²) in [6, 6.07) is 12.9. The fourth-order valence-corrected chi connectivity index (χ4v) is 2.87. The van der Waals surface area contributed by atoms with Crippen LogP contribution in [0.4, 0.5) is 0 Å². The zero-order valence-electron chi connectivity index (χ0n) is 15.4. The van der Waals surface area contributed by atoms with E-state index in [0.29, 0.717) is 29.1 Å². The summed E-state index contributed by atoms with van der Waals surface area (Å²) in [5.41, 5.74) is 1.77. The average Bonchev–Trinajstić information content (AvgIpc) is 2.69. The summed E-state index contributed by atoms with van der Waals surface area (Å²) in [5.74, 6) is 0.825. The van der Waals surface area contributed by atoms with Crippen molar-refractivity contribution in [3.05, 3.63) is 69.6 Å². The highest BCUT2D eigenvalue weighted by molar-refractivity contribution is 5.84. The number of esters is 1. The Bertz CT molecular complexity index is 1030. The zero-order chi connectivity index (χ0) is 19.4. The van der Waals surface area contributed by atoms with Crippen LogP contribution in [0, 0.1) is 6.92 Å². The second-order valence-electron chi connectivity index (χ2n) is 6.00. The Balaban J connectivity index is 1.88. The van der Waals surface area contributed by atoms with Crippen LogP contribution < -0.4 is 15.1 Å². The Morgan fingerprint density at radius 1 is 1.11 bits per heavy atom. The highest BCUT2D eigenvalue weighted by Crippen LogP contribution is 2.26. The standard InChI is InChI=1S/C21H20O6/c1-13-16-9-8-15(26-12-14-6-4-5-7-18(14)24-2)10-19(16)27-21(23)17(13)11-20(22)25-3/h4-10H,11-12H2,1-3H3. The first-order valence-corrected chi connectivity index (χ1v) is 8.41. The van der Waals surface area contributed by atoms with Crippen molar-refractivity contribution < 1.29 is 23.4 Å². The van der Waals surface area contributed by atoms with E-state index in [9.17, 15) is 9.59 Å². The minimum Gasteiger partial charge on any atom is -0.496 e. The first kappa shape index (κ1) is 18.5. The van der Waals surface area contributed by atoms with E-state index >= 15 is 0 Å². The lowest BCUT2D eigenvalue weighted by Gasteiger charge is -2.11. The number of fused-ring (bicyclic) bond motifs is 1. The van der Waals surface area contributed by atoms with E-state index in [4.69, 9.17) is 13.9 Å². The summed E-state index contributed by atoms with van der Waals surface area (Å²) < 4.78 is 21.2. The van der Waals surface area contributed by atoms with Gasteiger partial charge in [0.25, 0.3) is 0 Å². The Morgan fingerprint density at radius 3 is 2.63 bits per heavy atom. The van der Waals surface area contributed by atoms with Crippen molar-refractivity contribution in [3.63, 3.8) is 0 Å². The van der Waals surface area contributed by atoms with Crippen molar-refractivity contribution in [2.45, 2.75) is 20.0 Å². The fraction of sp³-hybridized carbons (Fsp3) is 0.238. The van der Waals surface area contributed by atoms with Crippen LogP contribution in [-0.2, 0) is 22.6 Å². The summed E-state index contributed by atoms with van der Waals surface area (Å²) in [6.45, 7) is 2.10. The lowest BCUT2D eigenvalue weighted by molar-refractivity contribution is -0.139. The molecule has 0 bridgehead atoms. The van der Waals surface area contributed by atoms with E-state index in [0.717, 1.165) is 16.7 Å². The van der Waals surface area contributed by atoms with E-state index < -0.39 is 11.6 Å². The summed E-state index contributed by atoms with van der Waals surface area (Å²) >= 11 is 0. The van der Waals surface area contributed by atoms with Gasteiger partial charge < -0.3 is 18.6 Å². The van der Waals surface area contributed by atoms with Crippen molar-refractivity contribution in [1.29, 1.82) is 0 Å². The van der Waals surface area contributed by atoms with E-state index in [1.54, 1.807) is 26.2 Å². The van der Waals surface area contributed by atoms with Gasteiger partial charge in [-0.25, -0.2) is 4.79 Å². The predicted octanol–water partition coefficient (Wildman–Crippen LogP) is 3.40. The monoisotopic (exact) mass is 368 g/mol. The van der Waals surface area contributed by atoms with Crippen LogP contribution in [0.25, 0.3) is 11.0 Å². The lowest BCUT2D eigenvalue weighted by atomic mass is 10.0. The number of aryl methyl sites for hydroxylation is 1. The number of hydrogen-bond acceptors (Lipinski definition) is 6. The van der Waals surface area contributed by atoms with Crippen LogP contribution in [-0.4, -0.2) is 20.2 Å². The number of carbonyl (C=O) groups is 1. The second-order valence-corrected chi connectivity index (χ2v) is 6.00. The fourth-order valence-electron chi connectivity index (χ4n) is 2.87. The van der Waals surface area contributed by atoms with Gasteiger partial charge >= 0.3 is 11.6 Å². The lowest BCUT2D eigenvalue weighted by Crippen LogP contribution is -2.16. The normalized spacial score (nSPS) is 10.6. The summed E-state index contributed by atoms with van der Waals surface area (Å²) in [6.07, 6.45) is -0.118. The molecule has 0 amide bonds. The van der Waals surface area contributed by atoms with Gasteiger partial charge in [0.1, 0.15) is 23.7 Å². The summed E-state index contributed by atoms with van der Waals surface area (Å²) in [5, 5.41) is 0.748. The van der Waals surface area contributed by atoms with Crippen molar-refractivity contribution in [2.24, 2.45) is 0 Å². The van der Waals surface area contributed by atoms with Crippen LogP contribution in [0.5, 0.6) is 11.5 Å². The maximum atomic E-state index is 12.2. The third kappa shape index (κ3) is 3.95. The molecule has 6 nitrogen and oxygen atoms in total. The highest BCUT2D eigenvalue weighted by atomic mass is 16.5. The third-order valence-electron chi connectivity index (χ3n) is 4.39. The molecule has 1 heterocycles. The van der Waals surface area contributed by atoms with Crippen LogP contribution in [0.15, 0.2) is 51.7 Å². The Kier molecular flexibility index (Phi) is 5.45. The Hall–Kier alpha value is -3.28. The molecule has 0 fully saturated rings. The first-order chi connectivity index (χ1) is 13.0. The number of benzene rings is 2. The third-order valence-corrected chi connectivity index (χ3v) is 4.39. The molecule has 0 atom stereocenters. The largest absolute Gasteiger partial charge is 0.496 e. The maximum Gasteiger partial charge on any atom is 0.340 e. The minimum absolute atomic E-state index is 0.118. The van der Waals surface area contributed by atoms with Gasteiger partial charge in [-0.15, -0.1) is 0 Å². The molecular formula is C21H20O6. The molecule has 2 aromatic carbocycles. The number of rotatable bonds is 6. The molecule has 3 aromatic rings. The van der Waals surface area contributed by atoms with Gasteiger partial charge in [0.15, 0.2) is 0 Å². The number of hydrogen-bond donors (Lipinski definition) is 0. The quantitative estimate of drug-likeness (QED) is 0.490. The summed E-state index contributed by atoms with van der Waals surface area (Å²) in [7, 11) is 2.89. The molecule has 0 radical (unpaired) electrons. The minimum atomic E-state index is -0.549. The van der Waals surface area contributed by atoms with E-state index in [1.807, 2.05) is 30.3 Å². The molecule has 27 heavy (non-hydrogen) atoms. The molecule has 0 aliphatic heterocycles. The van der Waals surface area contributed by atoms with Crippen LogP contribution in [0.1, 0.15) is 16.7 Å². The Morgan fingerprint density at radius 2 is 1.89 bits per heavy atom. The van der Waals surface area contributed by atoms with Gasteiger partial charge in [0.05, 0.1) is 26.2 Å².